The van der Waals surface area contributed by atoms with Crippen LogP contribution >= 0.6 is 15.2 Å². The minimum Gasteiger partial charge on any atom is -0.324 e. The van der Waals surface area contributed by atoms with E-state index in [0.29, 0.717) is 0 Å². The third-order valence-electron chi connectivity index (χ3n) is 1.79. The summed E-state index contributed by atoms with van der Waals surface area (Å²) in [6.45, 7) is 3.47. The van der Waals surface area contributed by atoms with Crippen LogP contribution in [-0.4, -0.2) is 38.1 Å². The van der Waals surface area contributed by atoms with E-state index in [9.17, 15) is 9.13 Å². The zero-order valence-electron chi connectivity index (χ0n) is 8.41. The van der Waals surface area contributed by atoms with Gasteiger partial charge >= 0.3 is 15.2 Å². The first-order valence-electron chi connectivity index (χ1n) is 4.46. The third-order valence-corrected chi connectivity index (χ3v) is 4.73. The van der Waals surface area contributed by atoms with Crippen molar-refractivity contribution >= 4 is 15.2 Å². The molecule has 0 spiro atoms. The number of nitrogens with one attached hydrogen (secondary N) is 1. The summed E-state index contributed by atoms with van der Waals surface area (Å²) in [5.41, 5.74) is 0. The lowest BCUT2D eigenvalue weighted by atomic mass is 10.1. The maximum Gasteiger partial charge on any atom is 0.337 e. The standard InChI is InChI=1S/C5H11N.CH6O6P2/c1-2-5-3-4-6-5;2-8(3,4)1-9(5,6)7/h5-6H,2-4H2,1H3;1H2,(H2,2,3,4)(H2,5,6,7). The fourth-order valence-electron chi connectivity index (χ4n) is 0.937. The van der Waals surface area contributed by atoms with Gasteiger partial charge in [-0.25, -0.2) is 0 Å². The molecule has 9 heteroatoms. The highest BCUT2D eigenvalue weighted by molar-refractivity contribution is 7.69. The molecule has 0 radical (unpaired) electrons. The minimum absolute atomic E-state index is 0.866. The van der Waals surface area contributed by atoms with Gasteiger partial charge in [-0.05, 0) is 19.4 Å². The number of hydrogen-bond acceptors (Lipinski definition) is 3. The summed E-state index contributed by atoms with van der Waals surface area (Å²) in [5, 5.41) is 3.30. The van der Waals surface area contributed by atoms with Gasteiger partial charge in [-0.3, -0.25) is 9.13 Å². The van der Waals surface area contributed by atoms with Crippen molar-refractivity contribution in [1.82, 2.24) is 5.32 Å². The topological polar surface area (TPSA) is 127 Å². The molecule has 1 fully saturated rings. The van der Waals surface area contributed by atoms with Crippen LogP contribution in [0.2, 0.25) is 0 Å². The molecule has 0 aliphatic carbocycles. The van der Waals surface area contributed by atoms with Crippen molar-refractivity contribution in [3.63, 3.8) is 0 Å². The van der Waals surface area contributed by atoms with E-state index in [1.165, 1.54) is 19.4 Å². The molecule has 1 rings (SSSR count). The second kappa shape index (κ2) is 6.11. The van der Waals surface area contributed by atoms with Crippen LogP contribution in [0.3, 0.4) is 0 Å². The van der Waals surface area contributed by atoms with Crippen LogP contribution in [-0.2, 0) is 9.13 Å². The van der Waals surface area contributed by atoms with Crippen molar-refractivity contribution < 1.29 is 28.7 Å². The van der Waals surface area contributed by atoms with Gasteiger partial charge in [-0.2, -0.15) is 0 Å². The van der Waals surface area contributed by atoms with E-state index < -0.39 is 21.1 Å². The van der Waals surface area contributed by atoms with Crippen LogP contribution in [0.1, 0.15) is 19.8 Å². The van der Waals surface area contributed by atoms with Crippen molar-refractivity contribution in [3.8, 4) is 0 Å². The lowest BCUT2D eigenvalue weighted by Gasteiger charge is -2.25. The molecular weight excluding hydrogens is 244 g/mol. The normalized spacial score (nSPS) is 21.3. The monoisotopic (exact) mass is 261 g/mol. The van der Waals surface area contributed by atoms with Crippen molar-refractivity contribution in [1.29, 1.82) is 0 Å². The molecule has 1 saturated heterocycles. The smallest absolute Gasteiger partial charge is 0.324 e. The van der Waals surface area contributed by atoms with E-state index >= 15 is 0 Å². The first-order valence-corrected chi connectivity index (χ1v) is 8.06. The molecule has 1 aliphatic rings. The lowest BCUT2D eigenvalue weighted by molar-refractivity contribution is 0.357. The Hall–Kier alpha value is 0.260. The van der Waals surface area contributed by atoms with E-state index in [0.717, 1.165) is 6.04 Å². The summed E-state index contributed by atoms with van der Waals surface area (Å²) in [4.78, 5) is 31.9. The van der Waals surface area contributed by atoms with Gasteiger partial charge in [0.15, 0.2) is 5.90 Å². The largest absolute Gasteiger partial charge is 0.337 e. The van der Waals surface area contributed by atoms with Crippen LogP contribution < -0.4 is 5.32 Å². The summed E-state index contributed by atoms with van der Waals surface area (Å²) in [5.74, 6) is -1.38. The van der Waals surface area contributed by atoms with E-state index in [4.69, 9.17) is 19.6 Å². The van der Waals surface area contributed by atoms with E-state index in [1.54, 1.807) is 0 Å². The lowest BCUT2D eigenvalue weighted by Crippen LogP contribution is -2.41. The quantitative estimate of drug-likeness (QED) is 0.454. The summed E-state index contributed by atoms with van der Waals surface area (Å²) >= 11 is 0. The van der Waals surface area contributed by atoms with Crippen LogP contribution in [0.5, 0.6) is 0 Å². The molecule has 1 heterocycles. The Labute approximate surface area is 88.2 Å². The molecule has 0 saturated carbocycles. The first-order chi connectivity index (χ1) is 6.64. The Morgan fingerprint density at radius 2 is 1.60 bits per heavy atom. The third kappa shape index (κ3) is 10.5. The highest BCUT2D eigenvalue weighted by Gasteiger charge is 2.26. The molecule has 92 valence electrons. The fourth-order valence-corrected chi connectivity index (χ4v) is 2.86. The Balaban J connectivity index is 0.000000280. The van der Waals surface area contributed by atoms with Crippen molar-refractivity contribution in [2.24, 2.45) is 0 Å². The van der Waals surface area contributed by atoms with Gasteiger partial charge in [0.1, 0.15) is 0 Å². The van der Waals surface area contributed by atoms with Crippen molar-refractivity contribution in [3.05, 3.63) is 0 Å². The average molecular weight is 261 g/mol. The van der Waals surface area contributed by atoms with Crippen molar-refractivity contribution in [2.45, 2.75) is 25.8 Å². The summed E-state index contributed by atoms with van der Waals surface area (Å²) in [6, 6.07) is 0.866. The second-order valence-electron chi connectivity index (χ2n) is 3.32. The van der Waals surface area contributed by atoms with Gasteiger partial charge in [0, 0.05) is 6.04 Å². The van der Waals surface area contributed by atoms with Gasteiger partial charge in [-0.1, -0.05) is 6.92 Å². The van der Waals surface area contributed by atoms with Gasteiger partial charge < -0.3 is 24.9 Å². The number of rotatable bonds is 3. The molecule has 1 unspecified atom stereocenters. The molecule has 0 aromatic carbocycles. The molecule has 5 N–H and O–H groups in total. The van der Waals surface area contributed by atoms with Crippen LogP contribution in [0, 0.1) is 0 Å². The van der Waals surface area contributed by atoms with Gasteiger partial charge in [0.2, 0.25) is 0 Å². The van der Waals surface area contributed by atoms with Gasteiger partial charge in [0.05, 0.1) is 0 Å². The molecule has 0 aromatic rings. The maximum absolute atomic E-state index is 9.85. The van der Waals surface area contributed by atoms with Crippen LogP contribution in [0.4, 0.5) is 0 Å². The zero-order chi connectivity index (χ0) is 12.1. The van der Waals surface area contributed by atoms with Crippen molar-refractivity contribution in [2.75, 3.05) is 12.4 Å². The van der Waals surface area contributed by atoms with E-state index in [1.807, 2.05) is 0 Å². The highest BCUT2D eigenvalue weighted by atomic mass is 31.2. The molecule has 0 aromatic heterocycles. The predicted octanol–water partition coefficient (Wildman–Crippen LogP) is 0.0576. The Morgan fingerprint density at radius 1 is 1.20 bits per heavy atom. The van der Waals surface area contributed by atoms with Crippen LogP contribution in [0.15, 0.2) is 0 Å². The highest BCUT2D eigenvalue weighted by Crippen LogP contribution is 2.51. The second-order valence-corrected chi connectivity index (χ2v) is 7.11. The molecule has 0 bridgehead atoms. The van der Waals surface area contributed by atoms with Gasteiger partial charge in [0.25, 0.3) is 0 Å². The fraction of sp³-hybridized carbons (Fsp3) is 1.00. The van der Waals surface area contributed by atoms with Gasteiger partial charge in [-0.15, -0.1) is 0 Å². The van der Waals surface area contributed by atoms with Crippen LogP contribution in [0.25, 0.3) is 0 Å². The SMILES string of the molecule is CCC1CCN1.O=P(O)(O)CP(=O)(O)O. The zero-order valence-corrected chi connectivity index (χ0v) is 10.2. The molecule has 1 aliphatic heterocycles. The summed E-state index contributed by atoms with van der Waals surface area (Å²) < 4.78 is 19.7. The molecule has 1 atom stereocenters. The molecule has 0 amide bonds. The number of hydrogen-bond donors (Lipinski definition) is 5. The Morgan fingerprint density at radius 3 is 1.60 bits per heavy atom. The summed E-state index contributed by atoms with van der Waals surface area (Å²) in [6.07, 6.45) is 2.70. The molecular formula is C6H17NO6P2. The Kier molecular flexibility index (Phi) is 6.21. The molecule has 15 heavy (non-hydrogen) atoms. The minimum atomic E-state index is -4.55. The van der Waals surface area contributed by atoms with E-state index in [-0.39, 0.29) is 0 Å². The average Bonchev–Trinajstić information content (AvgIpc) is 1.75. The predicted molar refractivity (Wildman–Crippen MR) is 55.7 cm³/mol. The summed E-state index contributed by atoms with van der Waals surface area (Å²) in [7, 11) is -9.10. The Bertz CT molecular complexity index is 244. The molecule has 7 nitrogen and oxygen atoms in total. The van der Waals surface area contributed by atoms with E-state index in [2.05, 4.69) is 12.2 Å². The first kappa shape index (κ1) is 15.3. The maximum atomic E-state index is 9.85.